The Balaban J connectivity index is 1.84. The molecule has 28 heavy (non-hydrogen) atoms. The van der Waals surface area contributed by atoms with Crippen LogP contribution in [0, 0.1) is 6.92 Å². The number of likely N-dealkylation sites (N-methyl/N-ethyl adjacent to an activating group) is 1. The third kappa shape index (κ3) is 4.11. The van der Waals surface area contributed by atoms with E-state index >= 15 is 0 Å². The standard InChI is InChI=1S/C18H18ClN3O4S2/c1-4-26-18(25)15-10(2)14-16(28-15)20-9-22(17(14)24)8-13(23)21(3)7-11-5-6-12(19)27-11/h5-6,9H,4,7-8H2,1-3H3. The van der Waals surface area contributed by atoms with E-state index < -0.39 is 5.97 Å². The number of halogens is 1. The highest BCUT2D eigenvalue weighted by Gasteiger charge is 2.21. The van der Waals surface area contributed by atoms with Crippen LogP contribution >= 0.6 is 34.3 Å². The molecule has 0 aliphatic carbocycles. The number of aryl methyl sites for hydroxylation is 1. The molecule has 0 aromatic carbocycles. The average molecular weight is 440 g/mol. The Labute approximate surface area is 174 Å². The van der Waals surface area contributed by atoms with Crippen molar-refractivity contribution in [3.63, 3.8) is 0 Å². The minimum absolute atomic E-state index is 0.137. The van der Waals surface area contributed by atoms with E-state index in [0.717, 1.165) is 16.2 Å². The SMILES string of the molecule is CCOC(=O)c1sc2ncn(CC(=O)N(C)Cc3ccc(Cl)s3)c(=O)c2c1C. The van der Waals surface area contributed by atoms with Crippen LogP contribution in [0.15, 0.2) is 23.3 Å². The molecule has 0 N–H and O–H groups in total. The molecule has 0 unspecified atom stereocenters. The third-order valence-corrected chi connectivity index (χ3v) is 6.53. The molecule has 10 heteroatoms. The van der Waals surface area contributed by atoms with Crippen LogP contribution in [0.5, 0.6) is 0 Å². The maximum absolute atomic E-state index is 12.9. The monoisotopic (exact) mass is 439 g/mol. The average Bonchev–Trinajstić information content (AvgIpc) is 3.21. The number of ether oxygens (including phenoxy) is 1. The van der Waals surface area contributed by atoms with Crippen LogP contribution in [0.1, 0.15) is 27.0 Å². The van der Waals surface area contributed by atoms with Crippen molar-refractivity contribution in [2.75, 3.05) is 13.7 Å². The second-order valence-electron chi connectivity index (χ2n) is 6.09. The van der Waals surface area contributed by atoms with Gasteiger partial charge in [0.2, 0.25) is 5.91 Å². The summed E-state index contributed by atoms with van der Waals surface area (Å²) in [6.45, 7) is 3.93. The molecular formula is C18H18ClN3O4S2. The van der Waals surface area contributed by atoms with E-state index in [4.69, 9.17) is 16.3 Å². The second-order valence-corrected chi connectivity index (χ2v) is 8.89. The largest absolute Gasteiger partial charge is 0.462 e. The minimum Gasteiger partial charge on any atom is -0.462 e. The summed E-state index contributed by atoms with van der Waals surface area (Å²) >= 11 is 8.44. The van der Waals surface area contributed by atoms with Crippen LogP contribution in [0.25, 0.3) is 10.2 Å². The Kier molecular flexibility index (Phi) is 6.17. The molecule has 3 heterocycles. The Morgan fingerprint density at radius 2 is 2.07 bits per heavy atom. The number of amides is 1. The Morgan fingerprint density at radius 3 is 2.71 bits per heavy atom. The maximum Gasteiger partial charge on any atom is 0.348 e. The number of hydrogen-bond acceptors (Lipinski definition) is 7. The first-order valence-electron chi connectivity index (χ1n) is 8.45. The Morgan fingerprint density at radius 1 is 1.32 bits per heavy atom. The van der Waals surface area contributed by atoms with Gasteiger partial charge in [-0.25, -0.2) is 9.78 Å². The van der Waals surface area contributed by atoms with E-state index in [1.807, 2.05) is 6.07 Å². The lowest BCUT2D eigenvalue weighted by Gasteiger charge is -2.16. The van der Waals surface area contributed by atoms with Crippen molar-refractivity contribution in [2.45, 2.75) is 26.9 Å². The Bertz CT molecular complexity index is 1100. The van der Waals surface area contributed by atoms with Gasteiger partial charge >= 0.3 is 5.97 Å². The number of fused-ring (bicyclic) bond motifs is 1. The predicted molar refractivity (Wildman–Crippen MR) is 110 cm³/mol. The summed E-state index contributed by atoms with van der Waals surface area (Å²) in [5.41, 5.74) is 0.176. The molecule has 3 rings (SSSR count). The molecule has 0 saturated carbocycles. The van der Waals surface area contributed by atoms with Gasteiger partial charge in [-0.1, -0.05) is 11.6 Å². The van der Waals surface area contributed by atoms with E-state index in [-0.39, 0.29) is 24.6 Å². The van der Waals surface area contributed by atoms with Crippen LogP contribution in [0.2, 0.25) is 4.34 Å². The zero-order valence-electron chi connectivity index (χ0n) is 15.5. The molecule has 0 atom stereocenters. The van der Waals surface area contributed by atoms with Crippen LogP contribution in [0.3, 0.4) is 0 Å². The molecular weight excluding hydrogens is 422 g/mol. The van der Waals surface area contributed by atoms with Crippen molar-refractivity contribution < 1.29 is 14.3 Å². The lowest BCUT2D eigenvalue weighted by Crippen LogP contribution is -2.33. The van der Waals surface area contributed by atoms with Crippen molar-refractivity contribution in [2.24, 2.45) is 0 Å². The van der Waals surface area contributed by atoms with Crippen molar-refractivity contribution in [3.05, 3.63) is 48.5 Å². The molecule has 0 bridgehead atoms. The molecule has 1 amide bonds. The van der Waals surface area contributed by atoms with Gasteiger partial charge in [-0.2, -0.15) is 0 Å². The molecule has 0 fully saturated rings. The van der Waals surface area contributed by atoms with E-state index in [0.29, 0.717) is 31.5 Å². The first-order valence-corrected chi connectivity index (χ1v) is 10.5. The summed E-state index contributed by atoms with van der Waals surface area (Å²) in [5.74, 6) is -0.703. The maximum atomic E-state index is 12.9. The van der Waals surface area contributed by atoms with E-state index in [1.54, 1.807) is 27.0 Å². The van der Waals surface area contributed by atoms with Gasteiger partial charge in [0.25, 0.3) is 5.56 Å². The van der Waals surface area contributed by atoms with Crippen LogP contribution in [0.4, 0.5) is 0 Å². The normalized spacial score (nSPS) is 11.0. The summed E-state index contributed by atoms with van der Waals surface area (Å²) in [6.07, 6.45) is 1.34. The van der Waals surface area contributed by atoms with E-state index in [2.05, 4.69) is 4.98 Å². The molecule has 0 aliphatic heterocycles. The van der Waals surface area contributed by atoms with Crippen molar-refractivity contribution in [3.8, 4) is 0 Å². The van der Waals surface area contributed by atoms with Crippen LogP contribution in [-0.4, -0.2) is 40.0 Å². The summed E-state index contributed by atoms with van der Waals surface area (Å²) in [6, 6.07) is 3.64. The second kappa shape index (κ2) is 8.42. The molecule has 0 saturated heterocycles. The molecule has 3 aromatic rings. The van der Waals surface area contributed by atoms with Crippen LogP contribution < -0.4 is 5.56 Å². The summed E-state index contributed by atoms with van der Waals surface area (Å²) in [5, 5.41) is 0.344. The fourth-order valence-corrected chi connectivity index (χ4v) is 4.86. The smallest absolute Gasteiger partial charge is 0.348 e. The van der Waals surface area contributed by atoms with Crippen molar-refractivity contribution in [1.82, 2.24) is 14.5 Å². The zero-order valence-corrected chi connectivity index (χ0v) is 17.9. The van der Waals surface area contributed by atoms with Gasteiger partial charge in [0.1, 0.15) is 16.3 Å². The fourth-order valence-electron chi connectivity index (χ4n) is 2.69. The van der Waals surface area contributed by atoms with Gasteiger partial charge in [-0.3, -0.25) is 14.2 Å². The summed E-state index contributed by atoms with van der Waals surface area (Å²) in [7, 11) is 1.67. The van der Waals surface area contributed by atoms with Gasteiger partial charge in [0.15, 0.2) is 0 Å². The number of hydrogen-bond donors (Lipinski definition) is 0. The van der Waals surface area contributed by atoms with Gasteiger partial charge in [-0.05, 0) is 31.5 Å². The minimum atomic E-state index is -0.473. The lowest BCUT2D eigenvalue weighted by atomic mass is 10.2. The highest BCUT2D eigenvalue weighted by atomic mass is 35.5. The van der Waals surface area contributed by atoms with Crippen LogP contribution in [-0.2, 0) is 22.6 Å². The van der Waals surface area contributed by atoms with Crippen molar-refractivity contribution in [1.29, 1.82) is 0 Å². The molecule has 0 spiro atoms. The quantitative estimate of drug-likeness (QED) is 0.550. The zero-order chi connectivity index (χ0) is 20.4. The van der Waals surface area contributed by atoms with Gasteiger partial charge in [0.05, 0.1) is 29.2 Å². The predicted octanol–water partition coefficient (Wildman–Crippen LogP) is 3.32. The van der Waals surface area contributed by atoms with Gasteiger partial charge in [0, 0.05) is 11.9 Å². The van der Waals surface area contributed by atoms with E-state index in [9.17, 15) is 14.4 Å². The molecule has 0 aliphatic rings. The van der Waals surface area contributed by atoms with E-state index in [1.165, 1.54) is 27.1 Å². The summed E-state index contributed by atoms with van der Waals surface area (Å²) < 4.78 is 6.95. The van der Waals surface area contributed by atoms with Crippen molar-refractivity contribution >= 4 is 56.4 Å². The van der Waals surface area contributed by atoms with Gasteiger partial charge < -0.3 is 9.64 Å². The number of carbonyl (C=O) groups excluding carboxylic acids is 2. The highest BCUT2D eigenvalue weighted by Crippen LogP contribution is 2.27. The number of aromatic nitrogens is 2. The third-order valence-electron chi connectivity index (χ3n) is 4.13. The number of carbonyl (C=O) groups is 2. The molecule has 0 radical (unpaired) electrons. The topological polar surface area (TPSA) is 81.5 Å². The number of rotatable bonds is 6. The molecule has 7 nitrogen and oxygen atoms in total. The Hall–Kier alpha value is -2.23. The number of thiophene rings is 2. The highest BCUT2D eigenvalue weighted by molar-refractivity contribution is 7.20. The summed E-state index contributed by atoms with van der Waals surface area (Å²) in [4.78, 5) is 45.0. The first-order chi connectivity index (χ1) is 13.3. The number of nitrogens with zero attached hydrogens (tertiary/aromatic N) is 3. The fraction of sp³-hybridized carbons (Fsp3) is 0.333. The van der Waals surface area contributed by atoms with Gasteiger partial charge in [-0.15, -0.1) is 22.7 Å². The lowest BCUT2D eigenvalue weighted by molar-refractivity contribution is -0.131. The number of esters is 1. The molecule has 148 valence electrons. The first kappa shape index (κ1) is 20.5. The molecule has 3 aromatic heterocycles.